The number of carbonyl (C=O) groups is 2. The summed E-state index contributed by atoms with van der Waals surface area (Å²) in [5.41, 5.74) is 1.98. The highest BCUT2D eigenvalue weighted by Gasteiger charge is 2.34. The van der Waals surface area contributed by atoms with Gasteiger partial charge in [-0.15, -0.1) is 0 Å². The first-order valence-electron chi connectivity index (χ1n) is 10.2. The van der Waals surface area contributed by atoms with E-state index in [9.17, 15) is 9.59 Å². The van der Waals surface area contributed by atoms with Crippen LogP contribution in [0, 0.1) is 0 Å². The Labute approximate surface area is 189 Å². The van der Waals surface area contributed by atoms with Crippen molar-refractivity contribution in [3.05, 3.63) is 89.3 Å². The average molecular weight is 448 g/mol. The van der Waals surface area contributed by atoms with E-state index in [4.69, 9.17) is 8.83 Å². The van der Waals surface area contributed by atoms with E-state index in [1.165, 1.54) is 17.4 Å². The summed E-state index contributed by atoms with van der Waals surface area (Å²) < 4.78 is 11.6. The smallest absolute Gasteiger partial charge is 0.259 e. The molecule has 1 aliphatic carbocycles. The van der Waals surface area contributed by atoms with Gasteiger partial charge in [0.1, 0.15) is 5.58 Å². The van der Waals surface area contributed by atoms with Crippen LogP contribution in [0.3, 0.4) is 0 Å². The lowest BCUT2D eigenvalue weighted by Gasteiger charge is -2.00. The summed E-state index contributed by atoms with van der Waals surface area (Å²) in [5.74, 6) is 0.170. The third kappa shape index (κ3) is 2.73. The average Bonchev–Trinajstić information content (AvgIpc) is 3.57. The SMILES string of the molecule is O=C1C(=Cc2nc3sc(-c4cc5ccccc5o4)nc3o2)C(=O)c2cc3ccccc3cc21. The van der Waals surface area contributed by atoms with E-state index >= 15 is 0 Å². The van der Waals surface area contributed by atoms with Crippen LogP contribution in [-0.2, 0) is 0 Å². The number of furan rings is 1. The summed E-state index contributed by atoms with van der Waals surface area (Å²) in [6.07, 6.45) is 1.41. The van der Waals surface area contributed by atoms with Crippen LogP contribution in [-0.4, -0.2) is 21.5 Å². The first-order valence-corrected chi connectivity index (χ1v) is 11.1. The zero-order valence-corrected chi connectivity index (χ0v) is 17.7. The Balaban J connectivity index is 1.26. The fraction of sp³-hybridized carbons (Fsp3) is 0. The first-order chi connectivity index (χ1) is 16.1. The molecule has 0 fully saturated rings. The number of fused-ring (bicyclic) bond motifs is 4. The number of benzene rings is 3. The zero-order valence-electron chi connectivity index (χ0n) is 16.9. The monoisotopic (exact) mass is 448 g/mol. The Bertz CT molecular complexity index is 1700. The van der Waals surface area contributed by atoms with Crippen LogP contribution in [0.5, 0.6) is 0 Å². The molecule has 0 bridgehead atoms. The molecular weight excluding hydrogens is 436 g/mol. The molecule has 0 spiro atoms. The second-order valence-electron chi connectivity index (χ2n) is 7.79. The van der Waals surface area contributed by atoms with Gasteiger partial charge < -0.3 is 8.83 Å². The number of oxazole rings is 1. The molecule has 0 saturated carbocycles. The minimum absolute atomic E-state index is 0.0479. The van der Waals surface area contributed by atoms with Gasteiger partial charge in [-0.05, 0) is 35.0 Å². The molecule has 0 saturated heterocycles. The summed E-state index contributed by atoms with van der Waals surface area (Å²) in [6.45, 7) is 0. The van der Waals surface area contributed by atoms with Crippen LogP contribution in [0.1, 0.15) is 26.6 Å². The van der Waals surface area contributed by atoms with Gasteiger partial charge >= 0.3 is 0 Å². The summed E-state index contributed by atoms with van der Waals surface area (Å²) in [5, 5.41) is 3.47. The van der Waals surface area contributed by atoms with Gasteiger partial charge in [-0.25, -0.2) is 0 Å². The molecule has 156 valence electrons. The van der Waals surface area contributed by atoms with Crippen molar-refractivity contribution in [3.63, 3.8) is 0 Å². The van der Waals surface area contributed by atoms with E-state index in [0.717, 1.165) is 21.7 Å². The number of thiazole rings is 1. The number of hydrogen-bond acceptors (Lipinski definition) is 7. The Morgan fingerprint density at radius 2 is 1.42 bits per heavy atom. The molecular formula is C26H12N2O4S. The van der Waals surface area contributed by atoms with Crippen LogP contribution in [0.4, 0.5) is 0 Å². The Hall–Kier alpha value is -4.36. The number of aromatic nitrogens is 2. The summed E-state index contributed by atoms with van der Waals surface area (Å²) >= 11 is 1.33. The van der Waals surface area contributed by atoms with Crippen LogP contribution in [0.25, 0.3) is 49.1 Å². The molecule has 3 heterocycles. The summed E-state index contributed by atoms with van der Waals surface area (Å²) in [6, 6.07) is 20.8. The predicted octanol–water partition coefficient (Wildman–Crippen LogP) is 6.31. The molecule has 1 aliphatic rings. The molecule has 0 radical (unpaired) electrons. The summed E-state index contributed by atoms with van der Waals surface area (Å²) in [7, 11) is 0. The van der Waals surface area contributed by atoms with E-state index in [0.29, 0.717) is 32.4 Å². The molecule has 0 aliphatic heterocycles. The molecule has 7 rings (SSSR count). The number of para-hydroxylation sites is 1. The Morgan fingerprint density at radius 1 is 0.758 bits per heavy atom. The minimum Gasteiger partial charge on any atom is -0.454 e. The molecule has 6 aromatic rings. The zero-order chi connectivity index (χ0) is 22.1. The second-order valence-corrected chi connectivity index (χ2v) is 8.77. The maximum atomic E-state index is 12.9. The number of hydrogen-bond donors (Lipinski definition) is 0. The maximum absolute atomic E-state index is 12.9. The molecule has 0 unspecified atom stereocenters. The van der Waals surface area contributed by atoms with Gasteiger partial charge in [-0.3, -0.25) is 9.59 Å². The number of allylic oxidation sites excluding steroid dienone is 1. The van der Waals surface area contributed by atoms with E-state index < -0.39 is 0 Å². The largest absolute Gasteiger partial charge is 0.454 e. The normalized spacial score (nSPS) is 13.5. The fourth-order valence-corrected chi connectivity index (χ4v) is 5.00. The van der Waals surface area contributed by atoms with Gasteiger partial charge in [0.15, 0.2) is 27.2 Å². The second kappa shape index (κ2) is 6.57. The van der Waals surface area contributed by atoms with E-state index in [2.05, 4.69) is 9.97 Å². The number of rotatable bonds is 2. The van der Waals surface area contributed by atoms with E-state index in [1.54, 1.807) is 12.1 Å². The van der Waals surface area contributed by atoms with Gasteiger partial charge in [0.2, 0.25) is 5.89 Å². The highest BCUT2D eigenvalue weighted by Crippen LogP contribution is 2.35. The van der Waals surface area contributed by atoms with Crippen LogP contribution >= 0.6 is 11.3 Å². The Morgan fingerprint density at radius 3 is 2.09 bits per heavy atom. The fourth-order valence-electron chi connectivity index (χ4n) is 4.18. The molecule has 0 amide bonds. The standard InChI is InChI=1S/C26H12N2O4S/c29-22-16-9-13-5-1-2-6-14(13)10-17(16)23(30)18(22)12-21-27-26-24(32-21)28-25(33-26)20-11-15-7-3-4-8-19(15)31-20/h1-12H. The van der Waals surface area contributed by atoms with Crippen molar-refractivity contribution < 1.29 is 18.4 Å². The number of nitrogens with zero attached hydrogens (tertiary/aromatic N) is 2. The lowest BCUT2D eigenvalue weighted by Crippen LogP contribution is -2.00. The number of ketones is 2. The quantitative estimate of drug-likeness (QED) is 0.228. The van der Waals surface area contributed by atoms with Gasteiger partial charge in [0.25, 0.3) is 5.71 Å². The van der Waals surface area contributed by atoms with Crippen molar-refractivity contribution in [2.45, 2.75) is 0 Å². The van der Waals surface area contributed by atoms with Gasteiger partial charge in [0, 0.05) is 22.6 Å². The van der Waals surface area contributed by atoms with Crippen LogP contribution in [0.2, 0.25) is 0 Å². The van der Waals surface area contributed by atoms with E-state index in [1.807, 2.05) is 54.6 Å². The van der Waals surface area contributed by atoms with Gasteiger partial charge in [-0.2, -0.15) is 9.97 Å². The molecule has 3 aromatic heterocycles. The van der Waals surface area contributed by atoms with Gasteiger partial charge in [-0.1, -0.05) is 53.8 Å². The van der Waals surface area contributed by atoms with Crippen LogP contribution in [0.15, 0.2) is 81.1 Å². The predicted molar refractivity (Wildman–Crippen MR) is 125 cm³/mol. The minimum atomic E-state index is -0.321. The maximum Gasteiger partial charge on any atom is 0.259 e. The molecule has 6 nitrogen and oxygen atoms in total. The third-order valence-electron chi connectivity index (χ3n) is 5.76. The highest BCUT2D eigenvalue weighted by molar-refractivity contribution is 7.21. The molecule has 33 heavy (non-hydrogen) atoms. The lowest BCUT2D eigenvalue weighted by atomic mass is 10.0. The van der Waals surface area contributed by atoms with Crippen molar-refractivity contribution in [2.75, 3.05) is 0 Å². The van der Waals surface area contributed by atoms with Gasteiger partial charge in [0.05, 0.1) is 5.57 Å². The lowest BCUT2D eigenvalue weighted by molar-refractivity contribution is 0.0990. The Kier molecular flexibility index (Phi) is 3.63. The highest BCUT2D eigenvalue weighted by atomic mass is 32.1. The number of Topliss-reactive ketones (excluding diaryl/α,β-unsaturated/α-hetero) is 2. The third-order valence-corrected chi connectivity index (χ3v) is 6.71. The summed E-state index contributed by atoms with van der Waals surface area (Å²) in [4.78, 5) is 35.4. The van der Waals surface area contributed by atoms with E-state index in [-0.39, 0.29) is 23.0 Å². The molecule has 3 aromatic carbocycles. The van der Waals surface area contributed by atoms with Crippen LogP contribution < -0.4 is 0 Å². The van der Waals surface area contributed by atoms with Crippen molar-refractivity contribution in [2.24, 2.45) is 0 Å². The van der Waals surface area contributed by atoms with Crippen molar-refractivity contribution >= 4 is 61.3 Å². The van der Waals surface area contributed by atoms with Crippen molar-refractivity contribution in [1.82, 2.24) is 9.97 Å². The van der Waals surface area contributed by atoms with Crippen molar-refractivity contribution in [1.29, 1.82) is 0 Å². The number of carbonyl (C=O) groups excluding carboxylic acids is 2. The van der Waals surface area contributed by atoms with Crippen molar-refractivity contribution in [3.8, 4) is 10.8 Å². The molecule has 7 heteroatoms. The molecule has 0 N–H and O–H groups in total. The first kappa shape index (κ1) is 18.2. The molecule has 0 atom stereocenters. The topological polar surface area (TPSA) is 86.2 Å².